The summed E-state index contributed by atoms with van der Waals surface area (Å²) in [4.78, 5) is 39.1. The van der Waals surface area contributed by atoms with Crippen molar-refractivity contribution in [3.8, 4) is 0 Å². The van der Waals surface area contributed by atoms with Gasteiger partial charge in [-0.3, -0.25) is 14.6 Å². The van der Waals surface area contributed by atoms with Gasteiger partial charge in [-0.05, 0) is 49.1 Å². The second-order valence-corrected chi connectivity index (χ2v) is 10.2. The van der Waals surface area contributed by atoms with Crippen LogP contribution in [-0.4, -0.2) is 44.3 Å². The lowest BCUT2D eigenvalue weighted by Crippen LogP contribution is -2.34. The Labute approximate surface area is 197 Å². The topological polar surface area (TPSA) is 71.3 Å². The maximum Gasteiger partial charge on any atom is 0.238 e. The van der Waals surface area contributed by atoms with E-state index >= 15 is 0 Å². The van der Waals surface area contributed by atoms with E-state index in [2.05, 4.69) is 9.55 Å². The van der Waals surface area contributed by atoms with Crippen LogP contribution in [0.25, 0.3) is 11.0 Å². The molecular formula is C25H26ClN5O2. The molecule has 2 amide bonds. The fourth-order valence-corrected chi connectivity index (χ4v) is 5.72. The quantitative estimate of drug-likeness (QED) is 0.584. The summed E-state index contributed by atoms with van der Waals surface area (Å²) >= 11 is 6.27. The van der Waals surface area contributed by atoms with Gasteiger partial charge in [-0.15, -0.1) is 0 Å². The average molecular weight is 464 g/mol. The normalized spacial score (nSPS) is 21.0. The van der Waals surface area contributed by atoms with Crippen LogP contribution >= 0.6 is 11.6 Å². The number of carbonyl (C=O) groups excluding carboxylic acids is 2. The summed E-state index contributed by atoms with van der Waals surface area (Å²) in [5.74, 6) is 1.11. The van der Waals surface area contributed by atoms with E-state index in [4.69, 9.17) is 16.6 Å². The summed E-state index contributed by atoms with van der Waals surface area (Å²) in [6.07, 6.45) is 6.20. The molecule has 2 aliphatic heterocycles. The molecule has 0 radical (unpaired) electrons. The van der Waals surface area contributed by atoms with Gasteiger partial charge >= 0.3 is 0 Å². The third-order valence-electron chi connectivity index (χ3n) is 7.37. The number of fused-ring (bicyclic) bond motifs is 3. The lowest BCUT2D eigenvalue weighted by Gasteiger charge is -2.22. The third kappa shape index (κ3) is 3.09. The van der Waals surface area contributed by atoms with E-state index in [0.29, 0.717) is 18.1 Å². The number of rotatable bonds is 4. The lowest BCUT2D eigenvalue weighted by atomic mass is 9.99. The molecule has 6 rings (SSSR count). The van der Waals surface area contributed by atoms with Gasteiger partial charge in [0, 0.05) is 30.2 Å². The van der Waals surface area contributed by atoms with Crippen molar-refractivity contribution in [1.29, 1.82) is 0 Å². The highest BCUT2D eigenvalue weighted by molar-refractivity contribution is 6.31. The minimum atomic E-state index is -0.369. The highest BCUT2D eigenvalue weighted by Crippen LogP contribution is 2.57. The summed E-state index contributed by atoms with van der Waals surface area (Å²) < 4.78 is 2.22. The minimum absolute atomic E-state index is 0.0255. The van der Waals surface area contributed by atoms with Gasteiger partial charge < -0.3 is 14.4 Å². The van der Waals surface area contributed by atoms with Crippen molar-refractivity contribution < 1.29 is 9.59 Å². The van der Waals surface area contributed by atoms with Gasteiger partial charge in [0.15, 0.2) is 0 Å². The molecular weight excluding hydrogens is 438 g/mol. The predicted molar refractivity (Wildman–Crippen MR) is 126 cm³/mol. The van der Waals surface area contributed by atoms with E-state index in [1.54, 1.807) is 12.4 Å². The number of hydrogen-bond acceptors (Lipinski definition) is 4. The second-order valence-electron chi connectivity index (χ2n) is 9.78. The average Bonchev–Trinajstić information content (AvgIpc) is 3.24. The Bertz CT molecular complexity index is 1300. The molecule has 2 fully saturated rings. The summed E-state index contributed by atoms with van der Waals surface area (Å²) in [5, 5.41) is 0.630. The predicted octanol–water partition coefficient (Wildman–Crippen LogP) is 4.09. The first-order chi connectivity index (χ1) is 15.9. The number of pyridine rings is 1. The Hall–Kier alpha value is -2.93. The van der Waals surface area contributed by atoms with Crippen molar-refractivity contribution in [1.82, 2.24) is 19.4 Å². The molecule has 1 saturated heterocycles. The molecule has 0 N–H and O–H groups in total. The highest BCUT2D eigenvalue weighted by atomic mass is 35.5. The Balaban J connectivity index is 1.40. The summed E-state index contributed by atoms with van der Waals surface area (Å²) in [6.45, 7) is 5.63. The van der Waals surface area contributed by atoms with Gasteiger partial charge in [0.25, 0.3) is 0 Å². The van der Waals surface area contributed by atoms with E-state index in [9.17, 15) is 9.59 Å². The molecule has 1 aromatic carbocycles. The van der Waals surface area contributed by atoms with Crippen LogP contribution < -0.4 is 4.90 Å². The van der Waals surface area contributed by atoms with Gasteiger partial charge in [0.05, 0.1) is 40.9 Å². The number of likely N-dealkylation sites (tertiary alicyclic amines) is 1. The molecule has 1 aliphatic carbocycles. The monoisotopic (exact) mass is 463 g/mol. The Morgan fingerprint density at radius 3 is 2.85 bits per heavy atom. The van der Waals surface area contributed by atoms with Crippen LogP contribution in [0.15, 0.2) is 36.7 Å². The van der Waals surface area contributed by atoms with Gasteiger partial charge in [-0.1, -0.05) is 25.4 Å². The number of benzene rings is 1. The Morgan fingerprint density at radius 2 is 2.09 bits per heavy atom. The molecule has 33 heavy (non-hydrogen) atoms. The zero-order valence-electron chi connectivity index (χ0n) is 18.8. The third-order valence-corrected chi connectivity index (χ3v) is 7.60. The van der Waals surface area contributed by atoms with Crippen LogP contribution in [0.5, 0.6) is 0 Å². The molecule has 1 atom stereocenters. The van der Waals surface area contributed by atoms with Crippen LogP contribution in [0.4, 0.5) is 5.69 Å². The summed E-state index contributed by atoms with van der Waals surface area (Å²) in [5.41, 5.74) is 3.40. The number of carbonyl (C=O) groups is 2. The van der Waals surface area contributed by atoms with Gasteiger partial charge in [-0.2, -0.15) is 0 Å². The van der Waals surface area contributed by atoms with Crippen molar-refractivity contribution in [2.24, 2.45) is 5.92 Å². The number of aromatic nitrogens is 3. The standard InChI is InChI=1S/C25H26ClN5O2/c1-15(2)23(32)29-10-6-17(13-29)31-20-4-3-16(26)11-19(20)28-22(31)14-30-21-12-27-9-5-18(21)25(7-8-25)24(30)33/h3-5,9,11-12,15,17H,6-8,10,13-14H2,1-2H3. The number of amides is 2. The Kier molecular flexibility index (Phi) is 4.56. The fourth-order valence-electron chi connectivity index (χ4n) is 5.55. The number of imidazole rings is 1. The molecule has 4 heterocycles. The van der Waals surface area contributed by atoms with Crippen molar-refractivity contribution in [3.63, 3.8) is 0 Å². The largest absolute Gasteiger partial charge is 0.340 e. The van der Waals surface area contributed by atoms with E-state index in [0.717, 1.165) is 53.9 Å². The first-order valence-corrected chi connectivity index (χ1v) is 12.0. The van der Waals surface area contributed by atoms with E-state index < -0.39 is 0 Å². The number of hydrogen-bond donors (Lipinski definition) is 0. The highest BCUT2D eigenvalue weighted by Gasteiger charge is 2.59. The van der Waals surface area contributed by atoms with Crippen LogP contribution in [0.2, 0.25) is 5.02 Å². The molecule has 1 spiro atoms. The number of halogens is 1. The summed E-state index contributed by atoms with van der Waals surface area (Å²) in [7, 11) is 0. The first-order valence-electron chi connectivity index (χ1n) is 11.6. The molecule has 0 bridgehead atoms. The first kappa shape index (κ1) is 20.7. The van der Waals surface area contributed by atoms with Gasteiger partial charge in [0.1, 0.15) is 5.82 Å². The van der Waals surface area contributed by atoms with Gasteiger partial charge in [-0.25, -0.2) is 4.98 Å². The van der Waals surface area contributed by atoms with E-state index in [-0.39, 0.29) is 29.2 Å². The van der Waals surface area contributed by atoms with Crippen molar-refractivity contribution in [2.75, 3.05) is 18.0 Å². The van der Waals surface area contributed by atoms with Crippen LogP contribution in [0.3, 0.4) is 0 Å². The van der Waals surface area contributed by atoms with Crippen molar-refractivity contribution >= 4 is 40.1 Å². The lowest BCUT2D eigenvalue weighted by molar-refractivity contribution is -0.133. The maximum absolute atomic E-state index is 13.5. The molecule has 7 nitrogen and oxygen atoms in total. The van der Waals surface area contributed by atoms with Crippen molar-refractivity contribution in [2.45, 2.75) is 51.1 Å². The van der Waals surface area contributed by atoms with Crippen LogP contribution in [0, 0.1) is 5.92 Å². The Morgan fingerprint density at radius 1 is 1.27 bits per heavy atom. The molecule has 3 aliphatic rings. The SMILES string of the molecule is CC(C)C(=O)N1CCC(n2c(CN3C(=O)C4(CC4)c4ccncc43)nc3cc(Cl)ccc32)C1. The molecule has 3 aromatic rings. The zero-order chi connectivity index (χ0) is 22.9. The molecule has 1 saturated carbocycles. The van der Waals surface area contributed by atoms with E-state index in [1.165, 1.54) is 0 Å². The molecule has 1 unspecified atom stereocenters. The zero-order valence-corrected chi connectivity index (χ0v) is 19.5. The second kappa shape index (κ2) is 7.29. The maximum atomic E-state index is 13.5. The molecule has 2 aromatic heterocycles. The fraction of sp³-hybridized carbons (Fsp3) is 0.440. The van der Waals surface area contributed by atoms with E-state index in [1.807, 2.05) is 47.9 Å². The molecule has 8 heteroatoms. The van der Waals surface area contributed by atoms with Crippen molar-refractivity contribution in [3.05, 3.63) is 53.1 Å². The minimum Gasteiger partial charge on any atom is -0.340 e. The van der Waals surface area contributed by atoms with Gasteiger partial charge in [0.2, 0.25) is 11.8 Å². The number of nitrogens with zero attached hydrogens (tertiary/aromatic N) is 5. The number of anilines is 1. The van der Waals surface area contributed by atoms with Crippen LogP contribution in [0.1, 0.15) is 50.5 Å². The molecule has 170 valence electrons. The smallest absolute Gasteiger partial charge is 0.238 e. The van der Waals surface area contributed by atoms with Crippen LogP contribution in [-0.2, 0) is 21.5 Å². The summed E-state index contributed by atoms with van der Waals surface area (Å²) in [6, 6.07) is 7.82.